The number of aromatic nitrogens is 2. The van der Waals surface area contributed by atoms with Gasteiger partial charge < -0.3 is 14.5 Å². The molecule has 0 spiro atoms. The molecule has 198 valence electrons. The van der Waals surface area contributed by atoms with Gasteiger partial charge in [-0.25, -0.2) is 4.79 Å². The molecule has 38 heavy (non-hydrogen) atoms. The Bertz CT molecular complexity index is 1590. The van der Waals surface area contributed by atoms with Crippen LogP contribution in [0.3, 0.4) is 0 Å². The Morgan fingerprint density at radius 2 is 1.87 bits per heavy atom. The lowest BCUT2D eigenvalue weighted by Crippen LogP contribution is -2.41. The van der Waals surface area contributed by atoms with Crippen LogP contribution in [0.4, 0.5) is 0 Å². The van der Waals surface area contributed by atoms with Crippen molar-refractivity contribution in [3.63, 3.8) is 0 Å². The van der Waals surface area contributed by atoms with Gasteiger partial charge in [0.1, 0.15) is 11.5 Å². The molecule has 2 aromatic heterocycles. The Morgan fingerprint density at radius 3 is 2.58 bits per heavy atom. The maximum absolute atomic E-state index is 13.4. The predicted molar refractivity (Wildman–Crippen MR) is 144 cm³/mol. The molecule has 0 aliphatic carbocycles. The number of rotatable bonds is 11. The number of carbonyl (C=O) groups excluding carboxylic acids is 2. The van der Waals surface area contributed by atoms with Crippen molar-refractivity contribution in [3.05, 3.63) is 97.0 Å². The molecule has 9 nitrogen and oxygen atoms in total. The molecule has 4 rings (SSSR count). The van der Waals surface area contributed by atoms with Crippen molar-refractivity contribution >= 4 is 45.8 Å². The van der Waals surface area contributed by atoms with E-state index < -0.39 is 11.2 Å². The van der Waals surface area contributed by atoms with Gasteiger partial charge in [-0.3, -0.25) is 23.5 Å². The predicted octanol–water partition coefficient (Wildman–Crippen LogP) is 4.44. The molecule has 11 heteroatoms. The van der Waals surface area contributed by atoms with Gasteiger partial charge in [0.05, 0.1) is 41.9 Å². The lowest BCUT2D eigenvalue weighted by atomic mass is 10.1. The number of nitrogens with zero attached hydrogens (tertiary/aromatic N) is 2. The van der Waals surface area contributed by atoms with Gasteiger partial charge in [0.2, 0.25) is 5.91 Å². The van der Waals surface area contributed by atoms with Crippen molar-refractivity contribution in [1.29, 1.82) is 0 Å². The van der Waals surface area contributed by atoms with E-state index in [0.717, 1.165) is 4.57 Å². The summed E-state index contributed by atoms with van der Waals surface area (Å²) in [6, 6.07) is 12.6. The minimum atomic E-state index is -0.675. The molecule has 0 saturated carbocycles. The molecule has 2 aromatic carbocycles. The molecule has 0 aliphatic rings. The molecule has 0 saturated heterocycles. The molecular weight excluding hydrogens is 533 g/mol. The summed E-state index contributed by atoms with van der Waals surface area (Å²) in [4.78, 5) is 51.9. The Hall–Kier alpha value is -3.82. The topological polar surface area (TPSA) is 113 Å². The molecule has 0 bridgehead atoms. The summed E-state index contributed by atoms with van der Waals surface area (Å²) in [6.07, 6.45) is 1.84. The highest BCUT2D eigenvalue weighted by Crippen LogP contribution is 2.26. The minimum absolute atomic E-state index is 0.00647. The van der Waals surface area contributed by atoms with Crippen LogP contribution in [0.1, 0.15) is 35.9 Å². The summed E-state index contributed by atoms with van der Waals surface area (Å²) in [5, 5.41) is 3.54. The summed E-state index contributed by atoms with van der Waals surface area (Å²) >= 11 is 12.4. The summed E-state index contributed by atoms with van der Waals surface area (Å²) in [5.74, 6) is 0.428. The fraction of sp³-hybridized carbons (Fsp3) is 0.259. The quantitative estimate of drug-likeness (QED) is 0.273. The third-order valence-electron chi connectivity index (χ3n) is 5.87. The highest BCUT2D eigenvalue weighted by molar-refractivity contribution is 6.32. The van der Waals surface area contributed by atoms with Crippen LogP contribution in [-0.2, 0) is 24.4 Å². The first kappa shape index (κ1) is 27.2. The SMILES string of the molecule is CCOc1ccc(C(=O)Cn2c(=O)n(CCCC(=O)NCc3ccco3)c(=O)c3ccc(Cl)cc32)cc1Cl. The first-order valence-electron chi connectivity index (χ1n) is 12.0. The molecule has 1 N–H and O–H groups in total. The van der Waals surface area contributed by atoms with Gasteiger partial charge in [0.25, 0.3) is 5.56 Å². The number of fused-ring (bicyclic) bond motifs is 1. The number of Topliss-reactive ketones (excluding diaryl/α,β-unsaturated/α-hetero) is 1. The first-order valence-corrected chi connectivity index (χ1v) is 12.7. The number of benzene rings is 2. The number of ether oxygens (including phenoxy) is 1. The molecule has 4 aromatic rings. The second kappa shape index (κ2) is 12.1. The van der Waals surface area contributed by atoms with Gasteiger partial charge in [-0.05, 0) is 61.9 Å². The lowest BCUT2D eigenvalue weighted by Gasteiger charge is -2.14. The second-order valence-corrected chi connectivity index (χ2v) is 9.29. The third-order valence-corrected chi connectivity index (χ3v) is 6.40. The number of nitrogens with one attached hydrogen (secondary N) is 1. The van der Waals surface area contributed by atoms with E-state index in [1.165, 1.54) is 29.0 Å². The number of amides is 1. The van der Waals surface area contributed by atoms with Gasteiger partial charge in [0.15, 0.2) is 5.78 Å². The maximum atomic E-state index is 13.4. The van der Waals surface area contributed by atoms with Crippen LogP contribution in [0.5, 0.6) is 5.75 Å². The van der Waals surface area contributed by atoms with Gasteiger partial charge in [-0.2, -0.15) is 0 Å². The Morgan fingerprint density at radius 1 is 1.05 bits per heavy atom. The molecule has 0 radical (unpaired) electrons. The smallest absolute Gasteiger partial charge is 0.331 e. The van der Waals surface area contributed by atoms with Crippen molar-refractivity contribution in [2.24, 2.45) is 0 Å². The van der Waals surface area contributed by atoms with Crippen LogP contribution in [0.2, 0.25) is 10.0 Å². The monoisotopic (exact) mass is 557 g/mol. The third kappa shape index (κ3) is 6.17. The zero-order valence-corrected chi connectivity index (χ0v) is 22.1. The van der Waals surface area contributed by atoms with Crippen LogP contribution < -0.4 is 21.3 Å². The molecule has 2 heterocycles. The highest BCUT2D eigenvalue weighted by atomic mass is 35.5. The van der Waals surface area contributed by atoms with Gasteiger partial charge in [0, 0.05) is 23.6 Å². The molecule has 1 amide bonds. The van der Waals surface area contributed by atoms with Crippen molar-refractivity contribution in [2.45, 2.75) is 39.4 Å². The fourth-order valence-corrected chi connectivity index (χ4v) is 4.41. The lowest BCUT2D eigenvalue weighted by molar-refractivity contribution is -0.121. The van der Waals surface area contributed by atoms with E-state index in [9.17, 15) is 19.2 Å². The molecular formula is C27H25Cl2N3O6. The van der Waals surface area contributed by atoms with E-state index in [2.05, 4.69) is 5.32 Å². The number of furan rings is 1. The minimum Gasteiger partial charge on any atom is -0.492 e. The van der Waals surface area contributed by atoms with Crippen molar-refractivity contribution < 1.29 is 18.7 Å². The van der Waals surface area contributed by atoms with E-state index >= 15 is 0 Å². The summed E-state index contributed by atoms with van der Waals surface area (Å²) in [5.41, 5.74) is -0.673. The number of halogens is 2. The summed E-state index contributed by atoms with van der Waals surface area (Å²) < 4.78 is 12.8. The number of hydrogen-bond donors (Lipinski definition) is 1. The normalized spacial score (nSPS) is 11.0. The largest absolute Gasteiger partial charge is 0.492 e. The van der Waals surface area contributed by atoms with Crippen LogP contribution in [0.15, 0.2) is 68.8 Å². The second-order valence-electron chi connectivity index (χ2n) is 8.45. The van der Waals surface area contributed by atoms with Gasteiger partial charge >= 0.3 is 5.69 Å². The highest BCUT2D eigenvalue weighted by Gasteiger charge is 2.18. The Balaban J connectivity index is 1.58. The molecule has 0 fully saturated rings. The van der Waals surface area contributed by atoms with E-state index in [1.54, 1.807) is 30.3 Å². The first-order chi connectivity index (χ1) is 18.3. The Labute approximate surface area is 227 Å². The van der Waals surface area contributed by atoms with Gasteiger partial charge in [-0.1, -0.05) is 23.2 Å². The molecule has 0 unspecified atom stereocenters. The number of ketones is 1. The maximum Gasteiger partial charge on any atom is 0.331 e. The fourth-order valence-electron chi connectivity index (χ4n) is 4.01. The summed E-state index contributed by atoms with van der Waals surface area (Å²) in [7, 11) is 0. The Kier molecular flexibility index (Phi) is 8.70. The number of hydrogen-bond acceptors (Lipinski definition) is 6. The van der Waals surface area contributed by atoms with Crippen molar-refractivity contribution in [3.8, 4) is 5.75 Å². The van der Waals surface area contributed by atoms with Crippen LogP contribution in [0, 0.1) is 0 Å². The van der Waals surface area contributed by atoms with Crippen LogP contribution >= 0.6 is 23.2 Å². The average molecular weight is 558 g/mol. The summed E-state index contributed by atoms with van der Waals surface area (Å²) in [6.45, 7) is 2.13. The number of carbonyl (C=O) groups is 2. The van der Waals surface area contributed by atoms with E-state index in [0.29, 0.717) is 23.1 Å². The van der Waals surface area contributed by atoms with Crippen molar-refractivity contribution in [2.75, 3.05) is 6.61 Å². The van der Waals surface area contributed by atoms with Crippen molar-refractivity contribution in [1.82, 2.24) is 14.5 Å². The zero-order chi connectivity index (χ0) is 27.2. The van der Waals surface area contributed by atoms with E-state index in [-0.39, 0.29) is 65.7 Å². The van der Waals surface area contributed by atoms with Crippen LogP contribution in [-0.4, -0.2) is 27.4 Å². The van der Waals surface area contributed by atoms with E-state index in [4.69, 9.17) is 32.4 Å². The van der Waals surface area contributed by atoms with Gasteiger partial charge in [-0.15, -0.1) is 0 Å². The van der Waals surface area contributed by atoms with Crippen LogP contribution in [0.25, 0.3) is 10.9 Å². The van der Waals surface area contributed by atoms with E-state index in [1.807, 2.05) is 6.92 Å². The average Bonchev–Trinajstić information content (AvgIpc) is 3.42. The molecule has 0 aliphatic heterocycles. The molecule has 0 atom stereocenters. The standard InChI is InChI=1S/C27H25Cl2N3O6/c1-2-37-24-10-7-17(13-21(24)29)23(33)16-32-22-14-18(28)8-9-20(22)26(35)31(27(32)36)11-3-6-25(34)30-15-19-5-4-12-38-19/h4-5,7-10,12-14H,2-3,6,11,15-16H2,1H3,(H,30,34). The zero-order valence-electron chi connectivity index (χ0n) is 20.5.